The number of nitro groups is 1. The predicted octanol–water partition coefficient (Wildman–Crippen LogP) is 2.06. The number of methoxy groups -OCH3 is 1. The number of hydrogen-bond donors (Lipinski definition) is 2. The van der Waals surface area contributed by atoms with Crippen molar-refractivity contribution in [2.75, 3.05) is 56.8 Å². The normalized spacial score (nSPS) is 13.5. The number of non-ortho nitro benzene ring substituents is 1. The van der Waals surface area contributed by atoms with Crippen LogP contribution in [0.25, 0.3) is 0 Å². The van der Waals surface area contributed by atoms with Gasteiger partial charge in [0.15, 0.2) is 0 Å². The molecule has 1 aliphatic heterocycles. The number of carbonyl (C=O) groups is 2. The Hall–Kier alpha value is -3.50. The van der Waals surface area contributed by atoms with E-state index in [1.165, 1.54) is 19.2 Å². The fourth-order valence-electron chi connectivity index (χ4n) is 3.24. The molecule has 164 valence electrons. The number of morpholine rings is 1. The van der Waals surface area contributed by atoms with Gasteiger partial charge in [0.05, 0.1) is 47.2 Å². The highest BCUT2D eigenvalue weighted by molar-refractivity contribution is 6.11. The average molecular weight is 428 g/mol. The van der Waals surface area contributed by atoms with E-state index in [2.05, 4.69) is 10.6 Å². The maximum Gasteiger partial charge on any atom is 0.270 e. The standard InChI is InChI=1S/C21H24N4O6/c1-30-11-8-22-20(26)16-4-2-3-5-18(16)23-21(27)17-14-15(25(28)29)6-7-19(17)24-9-12-31-13-10-24/h2-7,14H,8-13H2,1H3,(H,22,26)(H,23,27). The minimum atomic E-state index is -0.545. The van der Waals surface area contributed by atoms with Crippen LogP contribution in [0.4, 0.5) is 17.1 Å². The Balaban J connectivity index is 1.88. The number of anilines is 2. The molecule has 0 bridgehead atoms. The molecule has 10 heteroatoms. The molecule has 0 spiro atoms. The minimum absolute atomic E-state index is 0.158. The van der Waals surface area contributed by atoms with Crippen LogP contribution in [0.5, 0.6) is 0 Å². The van der Waals surface area contributed by atoms with Crippen molar-refractivity contribution in [1.29, 1.82) is 0 Å². The van der Waals surface area contributed by atoms with Gasteiger partial charge in [-0.1, -0.05) is 12.1 Å². The van der Waals surface area contributed by atoms with Crippen molar-refractivity contribution in [3.8, 4) is 0 Å². The Bertz CT molecular complexity index is 959. The summed E-state index contributed by atoms with van der Waals surface area (Å²) in [7, 11) is 1.53. The summed E-state index contributed by atoms with van der Waals surface area (Å²) in [6.07, 6.45) is 0. The van der Waals surface area contributed by atoms with Crippen molar-refractivity contribution < 1.29 is 24.0 Å². The van der Waals surface area contributed by atoms with Gasteiger partial charge in [-0.25, -0.2) is 0 Å². The van der Waals surface area contributed by atoms with Gasteiger partial charge in [0.1, 0.15) is 0 Å². The van der Waals surface area contributed by atoms with Crippen molar-refractivity contribution in [3.63, 3.8) is 0 Å². The van der Waals surface area contributed by atoms with Crippen molar-refractivity contribution in [3.05, 3.63) is 63.7 Å². The SMILES string of the molecule is COCCNC(=O)c1ccccc1NC(=O)c1cc([N+](=O)[O-])ccc1N1CCOCC1. The number of ether oxygens (including phenoxy) is 2. The fourth-order valence-corrected chi connectivity index (χ4v) is 3.24. The highest BCUT2D eigenvalue weighted by Gasteiger charge is 2.23. The summed E-state index contributed by atoms with van der Waals surface area (Å²) < 4.78 is 10.3. The lowest BCUT2D eigenvalue weighted by atomic mass is 10.1. The second kappa shape index (κ2) is 10.5. The largest absolute Gasteiger partial charge is 0.383 e. The second-order valence-corrected chi connectivity index (χ2v) is 6.81. The molecule has 1 heterocycles. The van der Waals surface area contributed by atoms with Crippen LogP contribution < -0.4 is 15.5 Å². The van der Waals surface area contributed by atoms with Crippen LogP contribution >= 0.6 is 0 Å². The Morgan fingerprint density at radius 2 is 1.87 bits per heavy atom. The highest BCUT2D eigenvalue weighted by Crippen LogP contribution is 2.28. The Morgan fingerprint density at radius 3 is 2.58 bits per heavy atom. The molecule has 3 rings (SSSR count). The molecular weight excluding hydrogens is 404 g/mol. The molecule has 2 aromatic carbocycles. The molecular formula is C21H24N4O6. The first kappa shape index (κ1) is 22.2. The third kappa shape index (κ3) is 5.56. The van der Waals surface area contributed by atoms with Gasteiger partial charge in [0, 0.05) is 38.9 Å². The first-order chi connectivity index (χ1) is 15.0. The third-order valence-electron chi connectivity index (χ3n) is 4.80. The summed E-state index contributed by atoms with van der Waals surface area (Å²) >= 11 is 0. The molecule has 2 N–H and O–H groups in total. The van der Waals surface area contributed by atoms with E-state index in [0.29, 0.717) is 50.8 Å². The summed E-state index contributed by atoms with van der Waals surface area (Å²) in [5, 5.41) is 16.7. The number of nitro benzene ring substituents is 1. The van der Waals surface area contributed by atoms with Gasteiger partial charge in [0.25, 0.3) is 17.5 Å². The molecule has 0 saturated carbocycles. The summed E-state index contributed by atoms with van der Waals surface area (Å²) in [6.45, 7) is 2.82. The zero-order valence-corrected chi connectivity index (χ0v) is 17.1. The molecule has 31 heavy (non-hydrogen) atoms. The molecule has 1 aliphatic rings. The lowest BCUT2D eigenvalue weighted by Gasteiger charge is -2.30. The van der Waals surface area contributed by atoms with Crippen LogP contribution in [-0.4, -0.2) is 63.3 Å². The highest BCUT2D eigenvalue weighted by atomic mass is 16.6. The second-order valence-electron chi connectivity index (χ2n) is 6.81. The molecule has 0 aromatic heterocycles. The van der Waals surface area contributed by atoms with E-state index in [1.807, 2.05) is 4.90 Å². The molecule has 10 nitrogen and oxygen atoms in total. The topological polar surface area (TPSA) is 123 Å². The fraction of sp³-hybridized carbons (Fsp3) is 0.333. The van der Waals surface area contributed by atoms with E-state index in [9.17, 15) is 19.7 Å². The first-order valence-corrected chi connectivity index (χ1v) is 9.80. The summed E-state index contributed by atoms with van der Waals surface area (Å²) in [5.74, 6) is -0.900. The maximum absolute atomic E-state index is 13.1. The van der Waals surface area contributed by atoms with Crippen molar-refractivity contribution >= 4 is 28.9 Å². The molecule has 0 atom stereocenters. The lowest BCUT2D eigenvalue weighted by molar-refractivity contribution is -0.384. The smallest absolute Gasteiger partial charge is 0.270 e. The van der Waals surface area contributed by atoms with E-state index in [4.69, 9.17) is 9.47 Å². The van der Waals surface area contributed by atoms with Gasteiger partial charge < -0.3 is 25.0 Å². The molecule has 1 saturated heterocycles. The number of benzene rings is 2. The molecule has 0 aliphatic carbocycles. The molecule has 2 amide bonds. The lowest BCUT2D eigenvalue weighted by Crippen LogP contribution is -2.37. The molecule has 0 radical (unpaired) electrons. The minimum Gasteiger partial charge on any atom is -0.383 e. The van der Waals surface area contributed by atoms with Crippen LogP contribution in [-0.2, 0) is 9.47 Å². The number of nitrogens with zero attached hydrogens (tertiary/aromatic N) is 2. The molecule has 0 unspecified atom stereocenters. The number of para-hydroxylation sites is 1. The van der Waals surface area contributed by atoms with Crippen LogP contribution in [0.15, 0.2) is 42.5 Å². The maximum atomic E-state index is 13.1. The average Bonchev–Trinajstić information content (AvgIpc) is 2.79. The van der Waals surface area contributed by atoms with E-state index >= 15 is 0 Å². The Labute approximate surface area is 179 Å². The van der Waals surface area contributed by atoms with Crippen LogP contribution in [0.2, 0.25) is 0 Å². The monoisotopic (exact) mass is 428 g/mol. The number of rotatable bonds is 8. The molecule has 2 aromatic rings. The van der Waals surface area contributed by atoms with Gasteiger partial charge in [0.2, 0.25) is 0 Å². The van der Waals surface area contributed by atoms with E-state index in [-0.39, 0.29) is 22.7 Å². The van der Waals surface area contributed by atoms with Crippen molar-refractivity contribution in [1.82, 2.24) is 5.32 Å². The number of carbonyl (C=O) groups excluding carboxylic acids is 2. The Morgan fingerprint density at radius 1 is 1.13 bits per heavy atom. The van der Waals surface area contributed by atoms with E-state index in [0.717, 1.165) is 0 Å². The predicted molar refractivity (Wildman–Crippen MR) is 115 cm³/mol. The van der Waals surface area contributed by atoms with Crippen molar-refractivity contribution in [2.45, 2.75) is 0 Å². The zero-order chi connectivity index (χ0) is 22.2. The number of amides is 2. The van der Waals surface area contributed by atoms with Crippen molar-refractivity contribution in [2.24, 2.45) is 0 Å². The quantitative estimate of drug-likeness (QED) is 0.375. The third-order valence-corrected chi connectivity index (χ3v) is 4.80. The van der Waals surface area contributed by atoms with Gasteiger partial charge in [-0.05, 0) is 18.2 Å². The van der Waals surface area contributed by atoms with Gasteiger partial charge >= 0.3 is 0 Å². The number of hydrogen-bond acceptors (Lipinski definition) is 7. The summed E-state index contributed by atoms with van der Waals surface area (Å²) in [4.78, 5) is 38.3. The summed E-state index contributed by atoms with van der Waals surface area (Å²) in [6, 6.07) is 10.8. The molecule has 1 fully saturated rings. The van der Waals surface area contributed by atoms with E-state index < -0.39 is 10.8 Å². The number of nitrogens with one attached hydrogen (secondary N) is 2. The van der Waals surface area contributed by atoms with Gasteiger partial charge in [-0.3, -0.25) is 19.7 Å². The van der Waals surface area contributed by atoms with Gasteiger partial charge in [-0.15, -0.1) is 0 Å². The summed E-state index contributed by atoms with van der Waals surface area (Å²) in [5.41, 5.74) is 1.14. The zero-order valence-electron chi connectivity index (χ0n) is 17.1. The van der Waals surface area contributed by atoms with E-state index in [1.54, 1.807) is 30.3 Å². The van der Waals surface area contributed by atoms with Crippen LogP contribution in [0.3, 0.4) is 0 Å². The van der Waals surface area contributed by atoms with Gasteiger partial charge in [-0.2, -0.15) is 0 Å². The van der Waals surface area contributed by atoms with Crippen LogP contribution in [0, 0.1) is 10.1 Å². The Kier molecular flexibility index (Phi) is 7.52. The van der Waals surface area contributed by atoms with Crippen LogP contribution in [0.1, 0.15) is 20.7 Å². The first-order valence-electron chi connectivity index (χ1n) is 9.80.